The van der Waals surface area contributed by atoms with E-state index in [0.29, 0.717) is 11.1 Å². The fourth-order valence-electron chi connectivity index (χ4n) is 3.83. The zero-order valence-electron chi connectivity index (χ0n) is 14.3. The van der Waals surface area contributed by atoms with Gasteiger partial charge in [0, 0.05) is 51.3 Å². The van der Waals surface area contributed by atoms with Gasteiger partial charge in [-0.05, 0) is 24.3 Å². The predicted octanol–water partition coefficient (Wildman–Crippen LogP) is 3.99. The van der Waals surface area contributed by atoms with Gasteiger partial charge in [-0.15, -0.1) is 0 Å². The number of hydrogen-bond acceptors (Lipinski definition) is 2. The molecule has 0 bridgehead atoms. The first kappa shape index (κ1) is 16.1. The molecule has 0 spiro atoms. The van der Waals surface area contributed by atoms with Crippen LogP contribution in [0.2, 0.25) is 0 Å². The number of nitrogens with zero attached hydrogens (tertiary/aromatic N) is 1. The van der Waals surface area contributed by atoms with Crippen LogP contribution in [0.5, 0.6) is 0 Å². The minimum atomic E-state index is -0.373. The Morgan fingerprint density at radius 3 is 2.56 bits per heavy atom. The number of carbonyl (C=O) groups excluding carboxylic acids is 2. The number of carbonyl (C=O) groups is 2. The van der Waals surface area contributed by atoms with E-state index in [1.165, 1.54) is 0 Å². The van der Waals surface area contributed by atoms with Gasteiger partial charge in [-0.25, -0.2) is 0 Å². The van der Waals surface area contributed by atoms with E-state index in [1.807, 2.05) is 60.3 Å². The molecule has 6 heteroatoms. The molecule has 2 aromatic carbocycles. The summed E-state index contributed by atoms with van der Waals surface area (Å²) in [5, 5.41) is 4.39. The van der Waals surface area contributed by atoms with E-state index in [0.717, 1.165) is 37.4 Å². The topological polar surface area (TPSA) is 66.9 Å². The molecule has 0 radical (unpaired) electrons. The summed E-state index contributed by atoms with van der Waals surface area (Å²) in [6, 6.07) is 13.6. The normalized spacial score (nSPS) is 14.6. The van der Waals surface area contributed by atoms with Crippen molar-refractivity contribution in [2.24, 2.45) is 7.05 Å². The lowest BCUT2D eigenvalue weighted by atomic mass is 9.94. The average molecular weight is 420 g/mol. The van der Waals surface area contributed by atoms with Gasteiger partial charge in [0.2, 0.25) is 0 Å². The third kappa shape index (κ3) is 2.30. The Morgan fingerprint density at radius 1 is 0.963 bits per heavy atom. The van der Waals surface area contributed by atoms with Gasteiger partial charge < -0.3 is 9.55 Å². The highest BCUT2D eigenvalue weighted by Crippen LogP contribution is 2.38. The van der Waals surface area contributed by atoms with E-state index in [2.05, 4.69) is 26.2 Å². The molecule has 1 aliphatic rings. The molecule has 0 atom stereocenters. The highest BCUT2D eigenvalue weighted by Gasteiger charge is 2.34. The first-order chi connectivity index (χ1) is 13.0. The maximum atomic E-state index is 12.8. The zero-order chi connectivity index (χ0) is 18.7. The number of hydrogen-bond donors (Lipinski definition) is 2. The van der Waals surface area contributed by atoms with Crippen LogP contribution in [0.3, 0.4) is 0 Å². The van der Waals surface area contributed by atoms with Gasteiger partial charge in [-0.1, -0.05) is 34.1 Å². The molecule has 3 heterocycles. The first-order valence-corrected chi connectivity index (χ1v) is 9.25. The van der Waals surface area contributed by atoms with Gasteiger partial charge in [0.15, 0.2) is 0 Å². The second kappa shape index (κ2) is 5.69. The number of para-hydroxylation sites is 1. The van der Waals surface area contributed by atoms with E-state index >= 15 is 0 Å². The molecule has 0 unspecified atom stereocenters. The smallest absolute Gasteiger partial charge is 0.259 e. The zero-order valence-corrected chi connectivity index (χ0v) is 15.9. The van der Waals surface area contributed by atoms with Crippen molar-refractivity contribution in [1.29, 1.82) is 0 Å². The number of H-pyrrole nitrogens is 1. The number of aromatic amines is 1. The fourth-order valence-corrected chi connectivity index (χ4v) is 4.19. The number of fused-ring (bicyclic) bond motifs is 2. The summed E-state index contributed by atoms with van der Waals surface area (Å²) in [5.41, 5.74) is 4.12. The molecular formula is C21H14BrN3O2. The summed E-state index contributed by atoms with van der Waals surface area (Å²) in [5.74, 6) is -0.741. The Balaban J connectivity index is 1.88. The molecular weight excluding hydrogens is 406 g/mol. The van der Waals surface area contributed by atoms with Crippen molar-refractivity contribution in [1.82, 2.24) is 14.9 Å². The molecule has 1 aliphatic heterocycles. The maximum absolute atomic E-state index is 12.8. The van der Waals surface area contributed by atoms with Crippen LogP contribution < -0.4 is 5.32 Å². The lowest BCUT2D eigenvalue weighted by molar-refractivity contribution is -0.122. The first-order valence-electron chi connectivity index (χ1n) is 8.46. The summed E-state index contributed by atoms with van der Waals surface area (Å²) in [7, 11) is 1.93. The minimum Gasteiger partial charge on any atom is -0.361 e. The molecule has 5 nitrogen and oxygen atoms in total. The number of aryl methyl sites for hydroxylation is 1. The number of benzene rings is 2. The van der Waals surface area contributed by atoms with Gasteiger partial charge in [0.1, 0.15) is 0 Å². The molecule has 0 saturated carbocycles. The van der Waals surface area contributed by atoms with Crippen molar-refractivity contribution in [3.05, 3.63) is 70.5 Å². The Bertz CT molecular complexity index is 1310. The van der Waals surface area contributed by atoms with Crippen molar-refractivity contribution in [2.45, 2.75) is 0 Å². The Kier molecular flexibility index (Phi) is 3.39. The third-order valence-electron chi connectivity index (χ3n) is 5.01. The number of imide groups is 1. The van der Waals surface area contributed by atoms with Crippen LogP contribution in [0.25, 0.3) is 33.0 Å². The number of nitrogens with one attached hydrogen (secondary N) is 2. The number of amides is 2. The fraction of sp³-hybridized carbons (Fsp3) is 0.0476. The monoisotopic (exact) mass is 419 g/mol. The van der Waals surface area contributed by atoms with Gasteiger partial charge >= 0.3 is 0 Å². The molecule has 2 aromatic heterocycles. The van der Waals surface area contributed by atoms with Crippen LogP contribution in [0, 0.1) is 0 Å². The van der Waals surface area contributed by atoms with Crippen molar-refractivity contribution in [2.75, 3.05) is 0 Å². The van der Waals surface area contributed by atoms with Gasteiger partial charge in [-0.2, -0.15) is 0 Å². The summed E-state index contributed by atoms with van der Waals surface area (Å²) in [6.07, 6.45) is 3.74. The SMILES string of the molecule is Cn1ccc2cccc(C3=C(c4c[nH]c5ccc(Br)cc45)C(=O)NC3=O)c21. The summed E-state index contributed by atoms with van der Waals surface area (Å²) in [6.45, 7) is 0. The van der Waals surface area contributed by atoms with Crippen LogP contribution in [-0.4, -0.2) is 21.4 Å². The molecule has 0 aliphatic carbocycles. The predicted molar refractivity (Wildman–Crippen MR) is 109 cm³/mol. The molecule has 0 fully saturated rings. The molecule has 0 saturated heterocycles. The second-order valence-corrected chi connectivity index (χ2v) is 7.51. The van der Waals surface area contributed by atoms with Crippen molar-refractivity contribution < 1.29 is 9.59 Å². The molecule has 5 rings (SSSR count). The van der Waals surface area contributed by atoms with Crippen LogP contribution in [0.15, 0.2) is 59.3 Å². The van der Waals surface area contributed by atoms with Gasteiger partial charge in [0.05, 0.1) is 16.7 Å². The molecule has 4 aromatic rings. The Hall–Kier alpha value is -3.12. The van der Waals surface area contributed by atoms with Crippen LogP contribution in [0.1, 0.15) is 11.1 Å². The molecule has 2 amide bonds. The van der Waals surface area contributed by atoms with Gasteiger partial charge in [-0.3, -0.25) is 14.9 Å². The van der Waals surface area contributed by atoms with E-state index in [-0.39, 0.29) is 11.8 Å². The molecule has 132 valence electrons. The number of halogens is 1. The highest BCUT2D eigenvalue weighted by atomic mass is 79.9. The van der Waals surface area contributed by atoms with E-state index < -0.39 is 0 Å². The average Bonchev–Trinajstić information content (AvgIpc) is 3.30. The maximum Gasteiger partial charge on any atom is 0.259 e. The van der Waals surface area contributed by atoms with Crippen LogP contribution in [-0.2, 0) is 16.6 Å². The summed E-state index contributed by atoms with van der Waals surface area (Å²) < 4.78 is 2.88. The lowest BCUT2D eigenvalue weighted by Gasteiger charge is -2.08. The number of rotatable bonds is 2. The van der Waals surface area contributed by atoms with Gasteiger partial charge in [0.25, 0.3) is 11.8 Å². The lowest BCUT2D eigenvalue weighted by Crippen LogP contribution is -2.22. The molecule has 27 heavy (non-hydrogen) atoms. The number of aromatic nitrogens is 2. The van der Waals surface area contributed by atoms with Crippen molar-refractivity contribution in [3.8, 4) is 0 Å². The van der Waals surface area contributed by atoms with Crippen LogP contribution in [0.4, 0.5) is 0 Å². The van der Waals surface area contributed by atoms with Crippen LogP contribution >= 0.6 is 15.9 Å². The summed E-state index contributed by atoms with van der Waals surface area (Å²) in [4.78, 5) is 28.7. The van der Waals surface area contributed by atoms with Crippen molar-refractivity contribution >= 4 is 60.7 Å². The highest BCUT2D eigenvalue weighted by molar-refractivity contribution is 9.10. The second-order valence-electron chi connectivity index (χ2n) is 6.60. The standard InChI is InChI=1S/C21H14BrN3O2/c1-25-8-7-11-3-2-4-13(19(11)25)17-18(21(27)24-20(17)26)15-10-23-16-6-5-12(22)9-14(15)16/h2-10,23H,1H3,(H,24,26,27). The Morgan fingerprint density at radius 2 is 1.74 bits per heavy atom. The quantitative estimate of drug-likeness (QED) is 0.482. The van der Waals surface area contributed by atoms with E-state index in [1.54, 1.807) is 6.20 Å². The third-order valence-corrected chi connectivity index (χ3v) is 5.50. The minimum absolute atomic E-state index is 0.368. The van der Waals surface area contributed by atoms with Crippen molar-refractivity contribution in [3.63, 3.8) is 0 Å². The van der Waals surface area contributed by atoms with E-state index in [9.17, 15) is 9.59 Å². The molecule has 2 N–H and O–H groups in total. The summed E-state index contributed by atoms with van der Waals surface area (Å²) >= 11 is 3.48. The Labute approximate surface area is 162 Å². The largest absolute Gasteiger partial charge is 0.361 e. The van der Waals surface area contributed by atoms with E-state index in [4.69, 9.17) is 0 Å².